The van der Waals surface area contributed by atoms with Crippen molar-refractivity contribution in [1.29, 1.82) is 0 Å². The van der Waals surface area contributed by atoms with Gasteiger partial charge in [0.2, 0.25) is 5.91 Å². The lowest BCUT2D eigenvalue weighted by atomic mass is 9.72. The van der Waals surface area contributed by atoms with Crippen LogP contribution in [0.25, 0.3) is 0 Å². The van der Waals surface area contributed by atoms with Crippen molar-refractivity contribution in [3.63, 3.8) is 0 Å². The molecule has 18 heavy (non-hydrogen) atoms. The van der Waals surface area contributed by atoms with Gasteiger partial charge in [0, 0.05) is 31.7 Å². The zero-order chi connectivity index (χ0) is 13.2. The third-order valence-electron chi connectivity index (χ3n) is 4.25. The summed E-state index contributed by atoms with van der Waals surface area (Å²) < 4.78 is 5.71. The SMILES string of the molecule is CCNC(=O)C(C)(C)CNC1CC2OCCCC12. The van der Waals surface area contributed by atoms with E-state index in [0.717, 1.165) is 19.6 Å². The summed E-state index contributed by atoms with van der Waals surface area (Å²) in [6.07, 6.45) is 4.03. The summed E-state index contributed by atoms with van der Waals surface area (Å²) in [5, 5.41) is 6.46. The molecule has 0 spiro atoms. The van der Waals surface area contributed by atoms with Gasteiger partial charge in [0.05, 0.1) is 11.5 Å². The van der Waals surface area contributed by atoms with Gasteiger partial charge in [-0.3, -0.25) is 4.79 Å². The number of amides is 1. The van der Waals surface area contributed by atoms with Crippen LogP contribution in [0, 0.1) is 11.3 Å². The lowest BCUT2D eigenvalue weighted by Gasteiger charge is -2.48. The minimum Gasteiger partial charge on any atom is -0.378 e. The number of carbonyl (C=O) groups excluding carboxylic acids is 1. The van der Waals surface area contributed by atoms with Gasteiger partial charge >= 0.3 is 0 Å². The van der Waals surface area contributed by atoms with Gasteiger partial charge in [0.1, 0.15) is 0 Å². The third-order valence-corrected chi connectivity index (χ3v) is 4.25. The van der Waals surface area contributed by atoms with Crippen LogP contribution in [0.1, 0.15) is 40.0 Å². The van der Waals surface area contributed by atoms with Crippen molar-refractivity contribution in [3.05, 3.63) is 0 Å². The van der Waals surface area contributed by atoms with E-state index < -0.39 is 0 Å². The third kappa shape index (κ3) is 2.86. The number of carbonyl (C=O) groups is 1. The second kappa shape index (κ2) is 5.57. The van der Waals surface area contributed by atoms with E-state index in [4.69, 9.17) is 4.74 Å². The van der Waals surface area contributed by atoms with E-state index in [0.29, 0.717) is 24.6 Å². The van der Waals surface area contributed by atoms with Crippen LogP contribution in [0.15, 0.2) is 0 Å². The van der Waals surface area contributed by atoms with Crippen LogP contribution in [0.5, 0.6) is 0 Å². The van der Waals surface area contributed by atoms with Gasteiger partial charge in [-0.1, -0.05) is 0 Å². The van der Waals surface area contributed by atoms with Crippen LogP contribution < -0.4 is 10.6 Å². The molecule has 1 heterocycles. The lowest BCUT2D eigenvalue weighted by molar-refractivity contribution is -0.130. The van der Waals surface area contributed by atoms with Gasteiger partial charge in [-0.05, 0) is 40.0 Å². The smallest absolute Gasteiger partial charge is 0.226 e. The molecule has 0 aromatic rings. The fourth-order valence-corrected chi connectivity index (χ4v) is 2.90. The van der Waals surface area contributed by atoms with Crippen molar-refractivity contribution in [1.82, 2.24) is 10.6 Å². The second-order valence-corrected chi connectivity index (χ2v) is 6.18. The summed E-state index contributed by atoms with van der Waals surface area (Å²) >= 11 is 0. The first kappa shape index (κ1) is 13.8. The average molecular weight is 254 g/mol. The molecular weight excluding hydrogens is 228 g/mol. The van der Waals surface area contributed by atoms with Gasteiger partial charge in [-0.2, -0.15) is 0 Å². The molecule has 2 N–H and O–H groups in total. The fraction of sp³-hybridized carbons (Fsp3) is 0.929. The van der Waals surface area contributed by atoms with E-state index in [-0.39, 0.29) is 11.3 Å². The highest BCUT2D eigenvalue weighted by Gasteiger charge is 2.43. The van der Waals surface area contributed by atoms with Crippen molar-refractivity contribution >= 4 is 5.91 Å². The molecule has 2 aliphatic rings. The molecule has 4 heteroatoms. The zero-order valence-electron chi connectivity index (χ0n) is 11.8. The number of fused-ring (bicyclic) bond motifs is 1. The van der Waals surface area contributed by atoms with Crippen molar-refractivity contribution < 1.29 is 9.53 Å². The standard InChI is InChI=1S/C14H26N2O2/c1-4-15-13(17)14(2,3)9-16-11-8-12-10(11)6-5-7-18-12/h10-12,16H,4-9H2,1-3H3,(H,15,17). The molecule has 1 aliphatic carbocycles. The van der Waals surface area contributed by atoms with Crippen LogP contribution in [0.3, 0.4) is 0 Å². The van der Waals surface area contributed by atoms with E-state index in [1.807, 2.05) is 20.8 Å². The molecule has 1 saturated carbocycles. The minimum atomic E-state index is -0.337. The number of nitrogens with one attached hydrogen (secondary N) is 2. The van der Waals surface area contributed by atoms with E-state index in [1.165, 1.54) is 12.8 Å². The Balaban J connectivity index is 1.76. The van der Waals surface area contributed by atoms with Crippen molar-refractivity contribution in [2.24, 2.45) is 11.3 Å². The van der Waals surface area contributed by atoms with Crippen molar-refractivity contribution in [2.45, 2.75) is 52.2 Å². The summed E-state index contributed by atoms with van der Waals surface area (Å²) in [7, 11) is 0. The molecule has 4 nitrogen and oxygen atoms in total. The monoisotopic (exact) mass is 254 g/mol. The first-order valence-corrected chi connectivity index (χ1v) is 7.18. The average Bonchev–Trinajstić information content (AvgIpc) is 2.30. The molecule has 2 rings (SSSR count). The molecule has 0 aromatic heterocycles. The lowest BCUT2D eigenvalue weighted by Crippen LogP contribution is -2.58. The quantitative estimate of drug-likeness (QED) is 0.777. The Labute approximate surface area is 110 Å². The maximum Gasteiger partial charge on any atom is 0.226 e. The van der Waals surface area contributed by atoms with Gasteiger partial charge in [-0.25, -0.2) is 0 Å². The summed E-state index contributed by atoms with van der Waals surface area (Å²) in [5.41, 5.74) is -0.337. The normalized spacial score (nSPS) is 31.4. The minimum absolute atomic E-state index is 0.133. The highest BCUT2D eigenvalue weighted by molar-refractivity contribution is 5.81. The van der Waals surface area contributed by atoms with Crippen LogP contribution in [0.4, 0.5) is 0 Å². The molecule has 104 valence electrons. The molecule has 0 radical (unpaired) electrons. The fourth-order valence-electron chi connectivity index (χ4n) is 2.90. The summed E-state index contributed by atoms with van der Waals surface area (Å²) in [6, 6.07) is 0.545. The van der Waals surface area contributed by atoms with E-state index in [9.17, 15) is 4.79 Å². The topological polar surface area (TPSA) is 50.4 Å². The molecule has 1 amide bonds. The highest BCUT2D eigenvalue weighted by Crippen LogP contribution is 2.38. The number of hydrogen-bond donors (Lipinski definition) is 2. The molecule has 1 saturated heterocycles. The Morgan fingerprint density at radius 2 is 2.22 bits per heavy atom. The van der Waals surface area contributed by atoms with E-state index in [2.05, 4.69) is 10.6 Å². The van der Waals surface area contributed by atoms with Crippen LogP contribution in [-0.4, -0.2) is 37.7 Å². The predicted molar refractivity (Wildman–Crippen MR) is 71.3 cm³/mol. The number of ether oxygens (including phenoxy) is 1. The summed E-state index contributed by atoms with van der Waals surface area (Å²) in [5.74, 6) is 0.803. The van der Waals surface area contributed by atoms with Crippen molar-refractivity contribution in [3.8, 4) is 0 Å². The summed E-state index contributed by atoms with van der Waals surface area (Å²) in [6.45, 7) is 8.32. The molecule has 0 bridgehead atoms. The van der Waals surface area contributed by atoms with Crippen LogP contribution in [-0.2, 0) is 9.53 Å². The van der Waals surface area contributed by atoms with E-state index in [1.54, 1.807) is 0 Å². The molecular formula is C14H26N2O2. The largest absolute Gasteiger partial charge is 0.378 e. The van der Waals surface area contributed by atoms with Gasteiger partial charge in [0.25, 0.3) is 0 Å². The Kier molecular flexibility index (Phi) is 4.28. The Hall–Kier alpha value is -0.610. The molecule has 0 aromatic carbocycles. The Morgan fingerprint density at radius 1 is 1.44 bits per heavy atom. The maximum absolute atomic E-state index is 11.9. The first-order valence-electron chi connectivity index (χ1n) is 7.18. The maximum atomic E-state index is 11.9. The van der Waals surface area contributed by atoms with Crippen LogP contribution >= 0.6 is 0 Å². The van der Waals surface area contributed by atoms with Gasteiger partial charge < -0.3 is 15.4 Å². The van der Waals surface area contributed by atoms with Gasteiger partial charge in [-0.15, -0.1) is 0 Å². The predicted octanol–water partition coefficient (Wildman–Crippen LogP) is 1.31. The van der Waals surface area contributed by atoms with Crippen LogP contribution in [0.2, 0.25) is 0 Å². The molecule has 1 aliphatic heterocycles. The highest BCUT2D eigenvalue weighted by atomic mass is 16.5. The molecule has 3 unspecified atom stereocenters. The number of hydrogen-bond acceptors (Lipinski definition) is 3. The van der Waals surface area contributed by atoms with Crippen molar-refractivity contribution in [2.75, 3.05) is 19.7 Å². The summed E-state index contributed by atoms with van der Waals surface area (Å²) in [4.78, 5) is 11.9. The molecule has 3 atom stereocenters. The first-order chi connectivity index (χ1) is 8.54. The second-order valence-electron chi connectivity index (χ2n) is 6.18. The Morgan fingerprint density at radius 3 is 2.89 bits per heavy atom. The van der Waals surface area contributed by atoms with Gasteiger partial charge in [0.15, 0.2) is 0 Å². The number of rotatable bonds is 5. The van der Waals surface area contributed by atoms with E-state index >= 15 is 0 Å². The molecule has 2 fully saturated rings. The Bertz CT molecular complexity index is 304. The zero-order valence-corrected chi connectivity index (χ0v) is 11.8.